The number of nitrogens with one attached hydrogen (secondary N) is 1. The van der Waals surface area contributed by atoms with Crippen molar-refractivity contribution >= 4 is 12.4 Å². The van der Waals surface area contributed by atoms with Gasteiger partial charge in [-0.15, -0.1) is 24.8 Å². The SMILES string of the molecule is C#CC1CCCNC1.Cl. The molecule has 0 aromatic rings. The van der Waals surface area contributed by atoms with Gasteiger partial charge in [-0.1, -0.05) is 0 Å². The van der Waals surface area contributed by atoms with E-state index < -0.39 is 0 Å². The molecule has 0 spiro atoms. The van der Waals surface area contributed by atoms with Crippen LogP contribution in [-0.2, 0) is 0 Å². The average Bonchev–Trinajstić information content (AvgIpc) is 1.90. The molecule has 0 aliphatic carbocycles. The molecule has 0 aromatic heterocycles. The Labute approximate surface area is 62.6 Å². The van der Waals surface area contributed by atoms with E-state index in [1.54, 1.807) is 0 Å². The third kappa shape index (κ3) is 2.74. The second-order valence-electron chi connectivity index (χ2n) is 2.21. The van der Waals surface area contributed by atoms with Gasteiger partial charge in [-0.25, -0.2) is 0 Å². The zero-order chi connectivity index (χ0) is 5.82. The maximum Gasteiger partial charge on any atom is 0.0325 e. The topological polar surface area (TPSA) is 12.0 Å². The van der Waals surface area contributed by atoms with Gasteiger partial charge in [-0.3, -0.25) is 0 Å². The van der Waals surface area contributed by atoms with Crippen molar-refractivity contribution in [3.8, 4) is 12.3 Å². The fourth-order valence-corrected chi connectivity index (χ4v) is 0.994. The van der Waals surface area contributed by atoms with E-state index in [0.717, 1.165) is 13.1 Å². The molecule has 1 unspecified atom stereocenters. The molecule has 0 aromatic carbocycles. The summed E-state index contributed by atoms with van der Waals surface area (Å²) in [4.78, 5) is 0. The zero-order valence-electron chi connectivity index (χ0n) is 5.39. The van der Waals surface area contributed by atoms with Crippen molar-refractivity contribution in [2.75, 3.05) is 13.1 Å². The van der Waals surface area contributed by atoms with E-state index in [-0.39, 0.29) is 12.4 Å². The minimum atomic E-state index is 0. The molecule has 9 heavy (non-hydrogen) atoms. The predicted octanol–water partition coefficient (Wildman–Crippen LogP) is 1.04. The fourth-order valence-electron chi connectivity index (χ4n) is 0.994. The van der Waals surface area contributed by atoms with Crippen LogP contribution in [0.2, 0.25) is 0 Å². The Morgan fingerprint density at radius 3 is 2.67 bits per heavy atom. The molecule has 1 heterocycles. The van der Waals surface area contributed by atoms with E-state index in [0.29, 0.717) is 5.92 Å². The number of terminal acetylenes is 1. The molecule has 1 saturated heterocycles. The highest BCUT2D eigenvalue weighted by Crippen LogP contribution is 2.06. The smallest absolute Gasteiger partial charge is 0.0325 e. The molecule has 1 fully saturated rings. The van der Waals surface area contributed by atoms with Crippen molar-refractivity contribution in [2.45, 2.75) is 12.8 Å². The Morgan fingerprint density at radius 1 is 1.56 bits per heavy atom. The van der Waals surface area contributed by atoms with Crippen LogP contribution in [0, 0.1) is 18.3 Å². The lowest BCUT2D eigenvalue weighted by Gasteiger charge is -2.16. The average molecular weight is 146 g/mol. The number of halogens is 1. The molecule has 1 nitrogen and oxygen atoms in total. The van der Waals surface area contributed by atoms with E-state index in [9.17, 15) is 0 Å². The van der Waals surface area contributed by atoms with Crippen molar-refractivity contribution in [2.24, 2.45) is 5.92 Å². The minimum absolute atomic E-state index is 0. The third-order valence-corrected chi connectivity index (χ3v) is 1.53. The molecule has 52 valence electrons. The van der Waals surface area contributed by atoms with Gasteiger partial charge in [0.25, 0.3) is 0 Å². The first-order valence-corrected chi connectivity index (χ1v) is 3.10. The monoisotopic (exact) mass is 145 g/mol. The Hall–Kier alpha value is -0.190. The summed E-state index contributed by atoms with van der Waals surface area (Å²) >= 11 is 0. The summed E-state index contributed by atoms with van der Waals surface area (Å²) in [6.07, 6.45) is 7.67. The van der Waals surface area contributed by atoms with E-state index in [1.807, 2.05) is 0 Å². The van der Waals surface area contributed by atoms with E-state index >= 15 is 0 Å². The first-order valence-electron chi connectivity index (χ1n) is 3.10. The van der Waals surface area contributed by atoms with Gasteiger partial charge in [0.1, 0.15) is 0 Å². The molecule has 0 bridgehead atoms. The van der Waals surface area contributed by atoms with Crippen molar-refractivity contribution < 1.29 is 0 Å². The number of piperidine rings is 1. The Balaban J connectivity index is 0.000000640. The molecule has 1 aliphatic rings. The molecular weight excluding hydrogens is 134 g/mol. The lowest BCUT2D eigenvalue weighted by molar-refractivity contribution is 0.449. The minimum Gasteiger partial charge on any atom is -0.316 e. The lowest BCUT2D eigenvalue weighted by Crippen LogP contribution is -2.28. The van der Waals surface area contributed by atoms with Crippen molar-refractivity contribution in [3.63, 3.8) is 0 Å². The first-order chi connectivity index (χ1) is 3.93. The van der Waals surface area contributed by atoms with Crippen molar-refractivity contribution in [1.82, 2.24) is 5.32 Å². The first kappa shape index (κ1) is 8.81. The summed E-state index contributed by atoms with van der Waals surface area (Å²) in [5.74, 6) is 3.24. The van der Waals surface area contributed by atoms with Gasteiger partial charge in [-0.05, 0) is 19.4 Å². The molecule has 2 heteroatoms. The van der Waals surface area contributed by atoms with Gasteiger partial charge in [0.2, 0.25) is 0 Å². The van der Waals surface area contributed by atoms with Crippen molar-refractivity contribution in [1.29, 1.82) is 0 Å². The lowest BCUT2D eigenvalue weighted by atomic mass is 10.0. The standard InChI is InChI=1S/C7H11N.ClH/c1-2-7-4-3-5-8-6-7;/h1,7-8H,3-6H2;1H. The van der Waals surface area contributed by atoms with Crippen LogP contribution in [0.4, 0.5) is 0 Å². The number of hydrogen-bond donors (Lipinski definition) is 1. The second-order valence-corrected chi connectivity index (χ2v) is 2.21. The fraction of sp³-hybridized carbons (Fsp3) is 0.714. The van der Waals surface area contributed by atoms with Crippen LogP contribution in [-0.4, -0.2) is 13.1 Å². The number of rotatable bonds is 0. The van der Waals surface area contributed by atoms with Gasteiger partial charge in [-0.2, -0.15) is 0 Å². The van der Waals surface area contributed by atoms with Crippen LogP contribution in [0.25, 0.3) is 0 Å². The summed E-state index contributed by atoms with van der Waals surface area (Å²) in [6, 6.07) is 0. The summed E-state index contributed by atoms with van der Waals surface area (Å²) < 4.78 is 0. The molecule has 0 amide bonds. The second kappa shape index (κ2) is 4.67. The van der Waals surface area contributed by atoms with Crippen LogP contribution < -0.4 is 5.32 Å². The Morgan fingerprint density at radius 2 is 2.33 bits per heavy atom. The van der Waals surface area contributed by atoms with Gasteiger partial charge in [0, 0.05) is 12.5 Å². The third-order valence-electron chi connectivity index (χ3n) is 1.53. The Bertz CT molecular complexity index is 100.0. The highest BCUT2D eigenvalue weighted by Gasteiger charge is 2.07. The van der Waals surface area contributed by atoms with Crippen LogP contribution in [0.5, 0.6) is 0 Å². The predicted molar refractivity (Wildman–Crippen MR) is 41.7 cm³/mol. The molecule has 1 aliphatic heterocycles. The van der Waals surface area contributed by atoms with E-state index in [2.05, 4.69) is 11.2 Å². The van der Waals surface area contributed by atoms with Crippen LogP contribution >= 0.6 is 12.4 Å². The number of hydrogen-bond acceptors (Lipinski definition) is 1. The normalized spacial score (nSPS) is 25.9. The Kier molecular flexibility index (Phi) is 4.57. The molecule has 0 saturated carbocycles. The summed E-state index contributed by atoms with van der Waals surface area (Å²) in [6.45, 7) is 2.18. The van der Waals surface area contributed by atoms with E-state index in [1.165, 1.54) is 12.8 Å². The van der Waals surface area contributed by atoms with Crippen LogP contribution in [0.3, 0.4) is 0 Å². The molecular formula is C7H12ClN. The highest BCUT2D eigenvalue weighted by molar-refractivity contribution is 5.85. The molecule has 0 radical (unpaired) electrons. The molecule has 1 atom stereocenters. The quantitative estimate of drug-likeness (QED) is 0.503. The molecule has 1 N–H and O–H groups in total. The maximum atomic E-state index is 5.21. The van der Waals surface area contributed by atoms with Gasteiger partial charge >= 0.3 is 0 Å². The maximum absolute atomic E-state index is 5.21. The summed E-state index contributed by atoms with van der Waals surface area (Å²) in [5, 5.41) is 3.24. The van der Waals surface area contributed by atoms with E-state index in [4.69, 9.17) is 6.42 Å². The molecule has 1 rings (SSSR count). The van der Waals surface area contributed by atoms with Crippen molar-refractivity contribution in [3.05, 3.63) is 0 Å². The summed E-state index contributed by atoms with van der Waals surface area (Å²) in [5.41, 5.74) is 0. The largest absolute Gasteiger partial charge is 0.316 e. The van der Waals surface area contributed by atoms with Crippen LogP contribution in [0.1, 0.15) is 12.8 Å². The van der Waals surface area contributed by atoms with Gasteiger partial charge in [0.05, 0.1) is 0 Å². The van der Waals surface area contributed by atoms with Crippen LogP contribution in [0.15, 0.2) is 0 Å². The highest BCUT2D eigenvalue weighted by atomic mass is 35.5. The summed E-state index contributed by atoms with van der Waals surface area (Å²) in [7, 11) is 0. The zero-order valence-corrected chi connectivity index (χ0v) is 6.21. The van der Waals surface area contributed by atoms with Gasteiger partial charge in [0.15, 0.2) is 0 Å². The van der Waals surface area contributed by atoms with Gasteiger partial charge < -0.3 is 5.32 Å².